The van der Waals surface area contributed by atoms with Crippen LogP contribution in [-0.2, 0) is 11.8 Å². The van der Waals surface area contributed by atoms with E-state index in [1.54, 1.807) is 17.8 Å². The van der Waals surface area contributed by atoms with E-state index in [4.69, 9.17) is 9.15 Å². The van der Waals surface area contributed by atoms with Gasteiger partial charge in [0.2, 0.25) is 5.71 Å². The van der Waals surface area contributed by atoms with Gasteiger partial charge in [-0.3, -0.25) is 9.48 Å². The van der Waals surface area contributed by atoms with Gasteiger partial charge in [0, 0.05) is 30.9 Å². The fraction of sp³-hybridized carbons (Fsp3) is 0.500. The Morgan fingerprint density at radius 2 is 2.17 bits per heavy atom. The molecule has 1 N–H and O–H groups in total. The minimum atomic E-state index is -0.195. The molecule has 0 radical (unpaired) electrons. The molecule has 2 fully saturated rings. The van der Waals surface area contributed by atoms with E-state index in [2.05, 4.69) is 27.3 Å². The van der Waals surface area contributed by atoms with Crippen molar-refractivity contribution >= 4 is 22.8 Å². The van der Waals surface area contributed by atoms with Crippen molar-refractivity contribution in [3.8, 4) is 0 Å². The van der Waals surface area contributed by atoms with Crippen LogP contribution in [0.2, 0.25) is 0 Å². The summed E-state index contributed by atoms with van der Waals surface area (Å²) in [5, 5.41) is 8.34. The molecule has 2 aliphatic rings. The van der Waals surface area contributed by atoms with Crippen LogP contribution in [0.3, 0.4) is 0 Å². The normalized spacial score (nSPS) is 20.8. The maximum atomic E-state index is 13.5. The van der Waals surface area contributed by atoms with Crippen LogP contribution in [0.4, 0.5) is 5.82 Å². The lowest BCUT2D eigenvalue weighted by Gasteiger charge is -2.32. The number of hydrogen-bond donors (Lipinski definition) is 1. The molecule has 29 heavy (non-hydrogen) atoms. The zero-order chi connectivity index (χ0) is 20.2. The highest BCUT2D eigenvalue weighted by Crippen LogP contribution is 2.40. The Bertz CT molecular complexity index is 1080. The van der Waals surface area contributed by atoms with Crippen molar-refractivity contribution < 1.29 is 13.9 Å². The molecule has 1 aliphatic heterocycles. The first-order chi connectivity index (χ1) is 13.9. The van der Waals surface area contributed by atoms with Crippen LogP contribution in [0.1, 0.15) is 47.6 Å². The summed E-state index contributed by atoms with van der Waals surface area (Å²) in [6, 6.07) is 0. The molecule has 5 rings (SSSR count). The van der Waals surface area contributed by atoms with Gasteiger partial charge in [-0.25, -0.2) is 9.97 Å². The molecule has 9 nitrogen and oxygen atoms in total. The summed E-state index contributed by atoms with van der Waals surface area (Å²) in [6.07, 6.45) is 7.14. The van der Waals surface area contributed by atoms with E-state index in [9.17, 15) is 4.79 Å². The van der Waals surface area contributed by atoms with Crippen molar-refractivity contribution in [3.05, 3.63) is 35.6 Å². The van der Waals surface area contributed by atoms with Crippen molar-refractivity contribution in [2.75, 3.05) is 25.0 Å². The van der Waals surface area contributed by atoms with Crippen LogP contribution in [0.5, 0.6) is 0 Å². The van der Waals surface area contributed by atoms with E-state index in [0.29, 0.717) is 47.9 Å². The number of rotatable bonds is 4. The predicted molar refractivity (Wildman–Crippen MR) is 106 cm³/mol. The highest BCUT2D eigenvalue weighted by molar-refractivity contribution is 6.10. The van der Waals surface area contributed by atoms with Gasteiger partial charge < -0.3 is 19.4 Å². The monoisotopic (exact) mass is 396 g/mol. The smallest absolute Gasteiger partial charge is 0.258 e. The largest absolute Gasteiger partial charge is 0.442 e. The number of amides is 1. The Balaban J connectivity index is 1.48. The molecule has 1 atom stereocenters. The fourth-order valence-electron chi connectivity index (χ4n) is 3.79. The minimum Gasteiger partial charge on any atom is -0.442 e. The average Bonchev–Trinajstić information content (AvgIpc) is 3.11. The van der Waals surface area contributed by atoms with Gasteiger partial charge in [0.25, 0.3) is 5.91 Å². The first-order valence-electron chi connectivity index (χ1n) is 9.85. The minimum absolute atomic E-state index is 0.0249. The number of hydrogen-bond acceptors (Lipinski definition) is 7. The van der Waals surface area contributed by atoms with E-state index in [1.807, 2.05) is 18.1 Å². The third kappa shape index (κ3) is 3.25. The Kier molecular flexibility index (Phi) is 4.09. The molecule has 1 amide bonds. The maximum absolute atomic E-state index is 13.5. The zero-order valence-corrected chi connectivity index (χ0v) is 16.8. The predicted octanol–water partition coefficient (Wildman–Crippen LogP) is 2.44. The molecule has 3 aromatic rings. The number of aromatic nitrogens is 4. The van der Waals surface area contributed by atoms with Crippen molar-refractivity contribution in [2.45, 2.75) is 38.3 Å². The van der Waals surface area contributed by atoms with E-state index < -0.39 is 0 Å². The summed E-state index contributed by atoms with van der Waals surface area (Å²) in [4.78, 5) is 24.0. The van der Waals surface area contributed by atoms with E-state index in [-0.39, 0.29) is 17.6 Å². The summed E-state index contributed by atoms with van der Waals surface area (Å²) in [5.41, 5.74) is 1.95. The number of nitrogens with one attached hydrogen (secondary N) is 1. The van der Waals surface area contributed by atoms with Gasteiger partial charge in [-0.1, -0.05) is 0 Å². The molecular formula is C20H24N6O3. The van der Waals surface area contributed by atoms with Crippen LogP contribution in [0, 0.1) is 6.92 Å². The van der Waals surface area contributed by atoms with Crippen LogP contribution in [0.25, 0.3) is 11.1 Å². The molecule has 152 valence electrons. The van der Waals surface area contributed by atoms with Gasteiger partial charge >= 0.3 is 0 Å². The number of carbonyl (C=O) groups is 1. The third-order valence-electron chi connectivity index (χ3n) is 5.75. The SMILES string of the molecule is Cc1oc2ncnc(NC3(C)CC3)c2c1C(=O)N1CCOC(c2cnn(C)c2)C1. The molecular weight excluding hydrogens is 372 g/mol. The molecule has 1 unspecified atom stereocenters. The third-order valence-corrected chi connectivity index (χ3v) is 5.75. The molecule has 1 saturated carbocycles. The van der Waals surface area contributed by atoms with Crippen LogP contribution in [-0.4, -0.2) is 55.8 Å². The lowest BCUT2D eigenvalue weighted by molar-refractivity contribution is -0.0228. The number of fused-ring (bicyclic) bond motifs is 1. The Morgan fingerprint density at radius 3 is 2.90 bits per heavy atom. The lowest BCUT2D eigenvalue weighted by Crippen LogP contribution is -2.42. The van der Waals surface area contributed by atoms with Crippen molar-refractivity contribution in [1.29, 1.82) is 0 Å². The van der Waals surface area contributed by atoms with Crippen molar-refractivity contribution in [3.63, 3.8) is 0 Å². The summed E-state index contributed by atoms with van der Waals surface area (Å²) >= 11 is 0. The number of nitrogens with zero attached hydrogens (tertiary/aromatic N) is 5. The van der Waals surface area contributed by atoms with Gasteiger partial charge in [-0.05, 0) is 26.7 Å². The molecule has 0 bridgehead atoms. The highest BCUT2D eigenvalue weighted by Gasteiger charge is 2.39. The van der Waals surface area contributed by atoms with Gasteiger partial charge in [0.15, 0.2) is 0 Å². The Hall–Kier alpha value is -2.94. The molecule has 3 aromatic heterocycles. The zero-order valence-electron chi connectivity index (χ0n) is 16.8. The average molecular weight is 396 g/mol. The van der Waals surface area contributed by atoms with Crippen LogP contribution < -0.4 is 5.32 Å². The highest BCUT2D eigenvalue weighted by atomic mass is 16.5. The van der Waals surface area contributed by atoms with Crippen LogP contribution >= 0.6 is 0 Å². The second kappa shape index (κ2) is 6.55. The number of furan rings is 1. The molecule has 4 heterocycles. The Labute approximate surface area is 168 Å². The standard InChI is InChI=1S/C20H24N6O3/c1-12-15(16-17(24-20(2)4-5-20)21-11-22-18(16)29-12)19(27)26-6-7-28-14(10-26)13-8-23-25(3)9-13/h8-9,11,14H,4-7,10H2,1-3H3,(H,21,22,24). The van der Waals surface area contributed by atoms with Gasteiger partial charge in [-0.15, -0.1) is 0 Å². The van der Waals surface area contributed by atoms with Crippen molar-refractivity contribution in [2.24, 2.45) is 7.05 Å². The van der Waals surface area contributed by atoms with Gasteiger partial charge in [-0.2, -0.15) is 5.10 Å². The van der Waals surface area contributed by atoms with Crippen molar-refractivity contribution in [1.82, 2.24) is 24.6 Å². The molecule has 1 aliphatic carbocycles. The molecule has 0 aromatic carbocycles. The molecule has 1 saturated heterocycles. The summed E-state index contributed by atoms with van der Waals surface area (Å²) in [5.74, 6) is 1.13. The summed E-state index contributed by atoms with van der Waals surface area (Å²) in [6.45, 7) is 5.41. The summed E-state index contributed by atoms with van der Waals surface area (Å²) < 4.78 is 13.4. The van der Waals surface area contributed by atoms with E-state index in [1.165, 1.54) is 6.33 Å². The molecule has 0 spiro atoms. The first-order valence-corrected chi connectivity index (χ1v) is 9.85. The topological polar surface area (TPSA) is 98.3 Å². The number of aryl methyl sites for hydroxylation is 2. The maximum Gasteiger partial charge on any atom is 0.258 e. The number of morpholine rings is 1. The quantitative estimate of drug-likeness (QED) is 0.723. The fourth-order valence-corrected chi connectivity index (χ4v) is 3.79. The van der Waals surface area contributed by atoms with Gasteiger partial charge in [0.05, 0.1) is 30.3 Å². The number of anilines is 1. The van der Waals surface area contributed by atoms with Crippen LogP contribution in [0.15, 0.2) is 23.1 Å². The Morgan fingerprint density at radius 1 is 1.34 bits per heavy atom. The van der Waals surface area contributed by atoms with Gasteiger partial charge in [0.1, 0.15) is 24.0 Å². The van der Waals surface area contributed by atoms with E-state index >= 15 is 0 Å². The number of ether oxygens (including phenoxy) is 1. The lowest BCUT2D eigenvalue weighted by atomic mass is 10.1. The second-order valence-electron chi connectivity index (χ2n) is 8.18. The number of carbonyl (C=O) groups excluding carboxylic acids is 1. The second-order valence-corrected chi connectivity index (χ2v) is 8.18. The summed E-state index contributed by atoms with van der Waals surface area (Å²) in [7, 11) is 1.87. The van der Waals surface area contributed by atoms with E-state index in [0.717, 1.165) is 18.4 Å². The molecule has 9 heteroatoms. The first kappa shape index (κ1) is 18.1.